The van der Waals surface area contributed by atoms with E-state index in [4.69, 9.17) is 11.6 Å². The molecule has 0 bridgehead atoms. The van der Waals surface area contributed by atoms with Crippen LogP contribution in [0.3, 0.4) is 0 Å². The second-order valence-electron chi connectivity index (χ2n) is 4.32. The molecule has 0 spiro atoms. The number of anilines is 1. The highest BCUT2D eigenvalue weighted by Gasteiger charge is 2.11. The van der Waals surface area contributed by atoms with Crippen LogP contribution in [0, 0.1) is 0 Å². The van der Waals surface area contributed by atoms with Gasteiger partial charge in [-0.05, 0) is 46.1 Å². The summed E-state index contributed by atoms with van der Waals surface area (Å²) in [5.74, 6) is 0.863. The smallest absolute Gasteiger partial charge is 0.224 e. The maximum absolute atomic E-state index is 6.00. The first-order valence-corrected chi connectivity index (χ1v) is 7.20. The Morgan fingerprint density at radius 1 is 1.21 bits per heavy atom. The Bertz CT molecular complexity index is 697. The highest BCUT2D eigenvalue weighted by molar-refractivity contribution is 7.07. The van der Waals surface area contributed by atoms with Gasteiger partial charge in [-0.15, -0.1) is 0 Å². The minimum absolute atomic E-state index is 0.283. The molecule has 0 fully saturated rings. The molecule has 0 aliphatic carbocycles. The predicted molar refractivity (Wildman–Crippen MR) is 81.0 cm³/mol. The summed E-state index contributed by atoms with van der Waals surface area (Å²) in [4.78, 5) is 10.7. The van der Waals surface area contributed by atoms with E-state index in [-0.39, 0.29) is 5.28 Å². The van der Waals surface area contributed by atoms with E-state index in [0.717, 1.165) is 23.3 Å². The van der Waals surface area contributed by atoms with E-state index in [0.29, 0.717) is 0 Å². The van der Waals surface area contributed by atoms with Gasteiger partial charge in [0.15, 0.2) is 0 Å². The summed E-state index contributed by atoms with van der Waals surface area (Å²) in [6, 6.07) is 10.0. The number of rotatable bonds is 3. The zero-order valence-electron chi connectivity index (χ0n) is 10.4. The molecule has 1 aromatic carbocycles. The fourth-order valence-corrected chi connectivity index (χ4v) is 2.89. The predicted octanol–water partition coefficient (Wildman–Crippen LogP) is 3.98. The largest absolute Gasteiger partial charge is 0.355 e. The van der Waals surface area contributed by atoms with E-state index in [1.165, 1.54) is 5.56 Å². The van der Waals surface area contributed by atoms with E-state index in [1.54, 1.807) is 11.3 Å². The Labute approximate surface area is 120 Å². The molecule has 0 atom stereocenters. The van der Waals surface area contributed by atoms with Crippen LogP contribution in [0.2, 0.25) is 5.28 Å². The summed E-state index contributed by atoms with van der Waals surface area (Å²) in [7, 11) is 2.02. The SMILES string of the molecule is CN(Cc1ccsc1)c1nc(Cl)nc2ccccc12. The number of aromatic nitrogens is 2. The molecule has 3 aromatic rings. The van der Waals surface area contributed by atoms with Crippen molar-refractivity contribution in [1.82, 2.24) is 9.97 Å². The molecule has 2 heterocycles. The molecule has 3 nitrogen and oxygen atoms in total. The van der Waals surface area contributed by atoms with Crippen molar-refractivity contribution in [3.63, 3.8) is 0 Å². The van der Waals surface area contributed by atoms with Gasteiger partial charge in [0.2, 0.25) is 5.28 Å². The van der Waals surface area contributed by atoms with E-state index in [9.17, 15) is 0 Å². The van der Waals surface area contributed by atoms with Gasteiger partial charge in [-0.2, -0.15) is 16.3 Å². The minimum atomic E-state index is 0.283. The molecular formula is C14H12ClN3S. The van der Waals surface area contributed by atoms with Crippen molar-refractivity contribution in [2.45, 2.75) is 6.54 Å². The van der Waals surface area contributed by atoms with Gasteiger partial charge in [0.05, 0.1) is 5.52 Å². The lowest BCUT2D eigenvalue weighted by Gasteiger charge is -2.19. The molecule has 0 unspecified atom stereocenters. The number of halogens is 1. The Morgan fingerprint density at radius 3 is 2.84 bits per heavy atom. The van der Waals surface area contributed by atoms with E-state index in [2.05, 4.69) is 31.7 Å². The van der Waals surface area contributed by atoms with Crippen LogP contribution in [-0.2, 0) is 6.54 Å². The van der Waals surface area contributed by atoms with Crippen molar-refractivity contribution in [2.24, 2.45) is 0 Å². The van der Waals surface area contributed by atoms with Gasteiger partial charge >= 0.3 is 0 Å². The topological polar surface area (TPSA) is 29.0 Å². The quantitative estimate of drug-likeness (QED) is 0.683. The molecule has 5 heteroatoms. The van der Waals surface area contributed by atoms with Crippen LogP contribution in [0.1, 0.15) is 5.56 Å². The highest BCUT2D eigenvalue weighted by Crippen LogP contribution is 2.25. The van der Waals surface area contributed by atoms with Crippen molar-refractivity contribution in [3.05, 3.63) is 51.9 Å². The molecule has 0 saturated carbocycles. The highest BCUT2D eigenvalue weighted by atomic mass is 35.5. The van der Waals surface area contributed by atoms with E-state index >= 15 is 0 Å². The molecule has 3 rings (SSSR count). The van der Waals surface area contributed by atoms with Gasteiger partial charge in [0, 0.05) is 19.0 Å². The zero-order chi connectivity index (χ0) is 13.2. The second-order valence-corrected chi connectivity index (χ2v) is 5.44. The Kier molecular flexibility index (Phi) is 3.36. The molecule has 96 valence electrons. The summed E-state index contributed by atoms with van der Waals surface area (Å²) in [6.07, 6.45) is 0. The van der Waals surface area contributed by atoms with Crippen molar-refractivity contribution in [2.75, 3.05) is 11.9 Å². The number of hydrogen-bond acceptors (Lipinski definition) is 4. The number of hydrogen-bond donors (Lipinski definition) is 0. The third-order valence-corrected chi connectivity index (χ3v) is 3.82. The molecule has 0 amide bonds. The van der Waals surface area contributed by atoms with Crippen LogP contribution in [0.15, 0.2) is 41.1 Å². The lowest BCUT2D eigenvalue weighted by atomic mass is 10.2. The van der Waals surface area contributed by atoms with Crippen LogP contribution in [0.4, 0.5) is 5.82 Å². The molecule has 19 heavy (non-hydrogen) atoms. The van der Waals surface area contributed by atoms with E-state index in [1.807, 2.05) is 31.3 Å². The van der Waals surface area contributed by atoms with Crippen molar-refractivity contribution >= 4 is 39.7 Å². The van der Waals surface area contributed by atoms with Crippen LogP contribution < -0.4 is 4.90 Å². The van der Waals surface area contributed by atoms with Gasteiger partial charge in [-0.25, -0.2) is 4.98 Å². The summed E-state index contributed by atoms with van der Waals surface area (Å²) in [5, 5.41) is 5.52. The van der Waals surface area contributed by atoms with E-state index < -0.39 is 0 Å². The third kappa shape index (κ3) is 2.55. The Hall–Kier alpha value is -1.65. The summed E-state index contributed by atoms with van der Waals surface area (Å²) in [6.45, 7) is 0.806. The first kappa shape index (κ1) is 12.4. The van der Waals surface area contributed by atoms with Crippen molar-refractivity contribution < 1.29 is 0 Å². The van der Waals surface area contributed by atoms with Gasteiger partial charge in [-0.1, -0.05) is 12.1 Å². The second kappa shape index (κ2) is 5.15. The molecule has 2 aromatic heterocycles. The average molecular weight is 290 g/mol. The fourth-order valence-electron chi connectivity index (χ4n) is 2.05. The third-order valence-electron chi connectivity index (χ3n) is 2.92. The molecular weight excluding hydrogens is 278 g/mol. The molecule has 0 saturated heterocycles. The fraction of sp³-hybridized carbons (Fsp3) is 0.143. The normalized spacial score (nSPS) is 10.8. The van der Waals surface area contributed by atoms with Crippen LogP contribution >= 0.6 is 22.9 Å². The monoisotopic (exact) mass is 289 g/mol. The molecule has 0 aliphatic heterocycles. The first-order valence-electron chi connectivity index (χ1n) is 5.88. The van der Waals surface area contributed by atoms with Crippen LogP contribution in [-0.4, -0.2) is 17.0 Å². The van der Waals surface area contributed by atoms with Gasteiger partial charge < -0.3 is 4.90 Å². The number of para-hydroxylation sites is 1. The Balaban J connectivity index is 2.03. The van der Waals surface area contributed by atoms with Gasteiger partial charge in [-0.3, -0.25) is 0 Å². The molecule has 0 radical (unpaired) electrons. The summed E-state index contributed by atoms with van der Waals surface area (Å²) >= 11 is 7.70. The summed E-state index contributed by atoms with van der Waals surface area (Å²) < 4.78 is 0. The lowest BCUT2D eigenvalue weighted by Crippen LogP contribution is -2.18. The minimum Gasteiger partial charge on any atom is -0.355 e. The van der Waals surface area contributed by atoms with Crippen molar-refractivity contribution in [3.8, 4) is 0 Å². The van der Waals surface area contributed by atoms with Crippen LogP contribution in [0.25, 0.3) is 10.9 Å². The van der Waals surface area contributed by atoms with Crippen molar-refractivity contribution in [1.29, 1.82) is 0 Å². The number of thiophene rings is 1. The van der Waals surface area contributed by atoms with Gasteiger partial charge in [0.25, 0.3) is 0 Å². The standard InChI is InChI=1S/C14H12ClN3S/c1-18(8-10-6-7-19-9-10)13-11-4-2-3-5-12(11)16-14(15)17-13/h2-7,9H,8H2,1H3. The molecule has 0 aliphatic rings. The maximum Gasteiger partial charge on any atom is 0.224 e. The lowest BCUT2D eigenvalue weighted by molar-refractivity contribution is 0.904. The number of nitrogens with zero attached hydrogens (tertiary/aromatic N) is 3. The summed E-state index contributed by atoms with van der Waals surface area (Å²) in [5.41, 5.74) is 2.14. The first-order chi connectivity index (χ1) is 9.24. The Morgan fingerprint density at radius 2 is 2.05 bits per heavy atom. The van der Waals surface area contributed by atoms with Gasteiger partial charge in [0.1, 0.15) is 5.82 Å². The van der Waals surface area contributed by atoms with Crippen LogP contribution in [0.5, 0.6) is 0 Å². The molecule has 0 N–H and O–H groups in total. The maximum atomic E-state index is 6.00. The average Bonchev–Trinajstić information content (AvgIpc) is 2.90. The zero-order valence-corrected chi connectivity index (χ0v) is 11.9. The number of benzene rings is 1. The number of fused-ring (bicyclic) bond motifs is 1.